The zero-order valence-corrected chi connectivity index (χ0v) is 19.1. The largest absolute Gasteiger partial charge is 0.395 e. The molecule has 2 aliphatic heterocycles. The molecule has 2 atom stereocenters. The van der Waals surface area contributed by atoms with Crippen LogP contribution in [-0.4, -0.2) is 98.8 Å². The second-order valence-corrected chi connectivity index (χ2v) is 9.27. The number of likely N-dealkylation sites (tertiary alicyclic amines) is 1. The minimum absolute atomic E-state index is 0.0350. The van der Waals surface area contributed by atoms with Crippen LogP contribution in [-0.2, 0) is 4.79 Å². The first-order valence-corrected chi connectivity index (χ1v) is 11.0. The van der Waals surface area contributed by atoms with Gasteiger partial charge < -0.3 is 40.9 Å². The minimum Gasteiger partial charge on any atom is -0.395 e. The predicted molar refractivity (Wildman–Crippen MR) is 117 cm³/mol. The highest BCUT2D eigenvalue weighted by atomic mass is 32.2. The Morgan fingerprint density at radius 1 is 1.00 bits per heavy atom. The molecule has 16 heteroatoms. The summed E-state index contributed by atoms with van der Waals surface area (Å²) in [4.78, 5) is 16.9. The molecule has 1 unspecified atom stereocenters. The van der Waals surface area contributed by atoms with Crippen molar-refractivity contribution in [3.05, 3.63) is 70.9 Å². The van der Waals surface area contributed by atoms with Gasteiger partial charge in [0.15, 0.2) is 7.85 Å². The molecule has 36 heavy (non-hydrogen) atoms. The maximum atomic E-state index is 14.2. The van der Waals surface area contributed by atoms with Crippen LogP contribution in [0.2, 0.25) is 0 Å². The highest BCUT2D eigenvalue weighted by Crippen LogP contribution is 2.58. The van der Waals surface area contributed by atoms with Crippen LogP contribution in [0.25, 0.3) is 0 Å². The zero-order chi connectivity index (χ0) is 26.8. The molecule has 2 aromatic rings. The van der Waals surface area contributed by atoms with E-state index in [1.165, 1.54) is 18.3 Å². The molecule has 0 saturated carbocycles. The second-order valence-electron chi connectivity index (χ2n) is 8.31. The van der Waals surface area contributed by atoms with Crippen molar-refractivity contribution >= 4 is 25.7 Å². The van der Waals surface area contributed by atoms with Crippen molar-refractivity contribution in [2.45, 2.75) is 34.3 Å². The van der Waals surface area contributed by atoms with Crippen molar-refractivity contribution in [3.8, 4) is 0 Å². The fraction of sp³-hybridized carbons (Fsp3) is 0.300. The van der Waals surface area contributed by atoms with Gasteiger partial charge in [-0.15, -0.1) is 4.31 Å². The van der Waals surface area contributed by atoms with Gasteiger partial charge in [0.2, 0.25) is 5.91 Å². The van der Waals surface area contributed by atoms with Crippen LogP contribution < -0.4 is 0 Å². The average molecular weight is 527 g/mol. The number of aromatic nitrogens is 1. The van der Waals surface area contributed by atoms with Crippen molar-refractivity contribution in [1.82, 2.24) is 14.2 Å². The lowest BCUT2D eigenvalue weighted by Crippen LogP contribution is -2.83. The summed E-state index contributed by atoms with van der Waals surface area (Å²) in [5, 5.41) is 84.2. The summed E-state index contributed by atoms with van der Waals surface area (Å²) in [6.45, 7) is -1.10. The Morgan fingerprint density at radius 3 is 2.14 bits per heavy atom. The highest BCUT2D eigenvalue weighted by molar-refractivity contribution is 7.97. The molecule has 3 heterocycles. The first-order chi connectivity index (χ1) is 16.6. The molecule has 0 bridgehead atoms. The number of nitrogens with zero attached hydrogens (tertiary/aromatic N) is 3. The van der Waals surface area contributed by atoms with Gasteiger partial charge in [0.25, 0.3) is 17.7 Å². The standard InChI is InChI=1S/C20H20BF2N3O9S/c21-17(29)14(15-19(32,33)26(20(15,34)35)36-13-3-1-2-6-24-13)18(30,31)25(17)16(28)11(8-27)10-5-4-9(22)7-12(10)23/h1-7,11,27,29-35H,8,21H2/t11-,17?/m1/s1. The third-order valence-corrected chi connectivity index (χ3v) is 7.03. The number of hydrogen-bond donors (Lipinski definition) is 8. The second kappa shape index (κ2) is 8.52. The Morgan fingerprint density at radius 2 is 1.64 bits per heavy atom. The van der Waals surface area contributed by atoms with E-state index < -0.39 is 70.1 Å². The number of rotatable bonds is 5. The maximum absolute atomic E-state index is 14.2. The van der Waals surface area contributed by atoms with Crippen molar-refractivity contribution in [2.24, 2.45) is 0 Å². The van der Waals surface area contributed by atoms with Crippen LogP contribution in [0, 0.1) is 11.6 Å². The van der Waals surface area contributed by atoms with Crippen LogP contribution in [0.4, 0.5) is 8.78 Å². The zero-order valence-electron chi connectivity index (χ0n) is 18.3. The Balaban J connectivity index is 1.71. The van der Waals surface area contributed by atoms with Gasteiger partial charge in [0, 0.05) is 17.8 Å². The van der Waals surface area contributed by atoms with E-state index in [4.69, 9.17) is 0 Å². The highest BCUT2D eigenvalue weighted by Gasteiger charge is 2.76. The molecule has 2 saturated heterocycles. The number of amides is 1. The number of hydrogen-bond acceptors (Lipinski definition) is 12. The summed E-state index contributed by atoms with van der Waals surface area (Å²) < 4.78 is 27.7. The number of pyridine rings is 1. The van der Waals surface area contributed by atoms with Gasteiger partial charge in [-0.3, -0.25) is 9.69 Å². The number of aliphatic hydroxyl groups excluding tert-OH is 1. The molecule has 192 valence electrons. The molecular weight excluding hydrogens is 507 g/mol. The molecule has 0 spiro atoms. The maximum Gasteiger partial charge on any atom is 0.279 e. The molecule has 2 aliphatic rings. The van der Waals surface area contributed by atoms with Crippen LogP contribution in [0.5, 0.6) is 0 Å². The molecule has 1 aromatic heterocycles. The van der Waals surface area contributed by atoms with E-state index in [1.807, 2.05) is 0 Å². The summed E-state index contributed by atoms with van der Waals surface area (Å²) >= 11 is 0.373. The summed E-state index contributed by atoms with van der Waals surface area (Å²) in [5.74, 6) is -15.6. The summed E-state index contributed by atoms with van der Waals surface area (Å²) in [5.41, 5.74) is -5.77. The monoisotopic (exact) mass is 527 g/mol. The molecule has 1 aromatic carbocycles. The number of carbonyl (C=O) groups is 1. The normalized spacial score (nSPS) is 25.2. The predicted octanol–water partition coefficient (Wildman–Crippen LogP) is -3.21. The Bertz CT molecular complexity index is 1210. The summed E-state index contributed by atoms with van der Waals surface area (Å²) in [6, 6.07) is 6.53. The summed E-state index contributed by atoms with van der Waals surface area (Å²) in [6.07, 6.45) is 1.34. The number of benzene rings is 1. The third-order valence-electron chi connectivity index (χ3n) is 5.90. The van der Waals surface area contributed by atoms with Crippen LogP contribution in [0.1, 0.15) is 11.5 Å². The van der Waals surface area contributed by atoms with Gasteiger partial charge in [0.1, 0.15) is 22.3 Å². The fourth-order valence-electron chi connectivity index (χ4n) is 4.36. The Kier molecular flexibility index (Phi) is 6.29. The lowest BCUT2D eigenvalue weighted by molar-refractivity contribution is -0.405. The molecule has 12 nitrogen and oxygen atoms in total. The molecule has 8 N–H and O–H groups in total. The van der Waals surface area contributed by atoms with Crippen molar-refractivity contribution in [1.29, 1.82) is 0 Å². The first kappa shape index (κ1) is 26.6. The molecule has 4 rings (SSSR count). The number of halogens is 2. The van der Waals surface area contributed by atoms with Gasteiger partial charge >= 0.3 is 0 Å². The molecule has 1 amide bonds. The minimum atomic E-state index is -3.55. The number of carbonyl (C=O) groups excluding carboxylic acids is 1. The van der Waals surface area contributed by atoms with Crippen LogP contribution in [0.3, 0.4) is 0 Å². The van der Waals surface area contributed by atoms with E-state index in [9.17, 15) is 54.4 Å². The van der Waals surface area contributed by atoms with E-state index in [1.54, 1.807) is 6.07 Å². The van der Waals surface area contributed by atoms with Crippen molar-refractivity contribution < 1.29 is 54.4 Å². The van der Waals surface area contributed by atoms with Crippen LogP contribution >= 0.6 is 11.9 Å². The van der Waals surface area contributed by atoms with Crippen molar-refractivity contribution in [2.75, 3.05) is 6.61 Å². The van der Waals surface area contributed by atoms with E-state index in [2.05, 4.69) is 4.98 Å². The average Bonchev–Trinajstić information content (AvgIpc) is 2.77. The topological polar surface area (TPSA) is 198 Å². The van der Waals surface area contributed by atoms with E-state index in [0.717, 1.165) is 20.0 Å². The lowest BCUT2D eigenvalue weighted by Gasteiger charge is -2.63. The van der Waals surface area contributed by atoms with E-state index in [-0.39, 0.29) is 14.2 Å². The van der Waals surface area contributed by atoms with E-state index >= 15 is 0 Å². The van der Waals surface area contributed by atoms with Gasteiger partial charge in [-0.05, 0) is 30.1 Å². The first-order valence-electron chi connectivity index (χ1n) is 10.2. The molecule has 2 fully saturated rings. The van der Waals surface area contributed by atoms with Crippen LogP contribution in [0.15, 0.2) is 58.8 Å². The Labute approximate surface area is 206 Å². The van der Waals surface area contributed by atoms with Gasteiger partial charge in [-0.2, -0.15) is 0 Å². The smallest absolute Gasteiger partial charge is 0.279 e. The van der Waals surface area contributed by atoms with Crippen molar-refractivity contribution in [3.63, 3.8) is 0 Å². The SMILES string of the molecule is BC1(O)C(=C2C(O)(O)N(Sc3ccccn3)C2(O)O)C(O)(O)N1C(=O)[C@H](CO)c1ccc(F)cc1F. The fourth-order valence-corrected chi connectivity index (χ4v) is 5.24. The lowest BCUT2D eigenvalue weighted by atomic mass is 9.66. The molecule has 0 aliphatic carbocycles. The van der Waals surface area contributed by atoms with Gasteiger partial charge in [0.05, 0.1) is 23.7 Å². The Hall–Kier alpha value is -2.51. The van der Waals surface area contributed by atoms with Gasteiger partial charge in [-0.25, -0.2) is 13.8 Å². The number of aliphatic hydroxyl groups is 8. The molecular formula is C20H20BF2N3O9S. The van der Waals surface area contributed by atoms with E-state index in [0.29, 0.717) is 18.0 Å². The molecule has 0 radical (unpaired) electrons. The van der Waals surface area contributed by atoms with Gasteiger partial charge in [-0.1, -0.05) is 12.1 Å². The third kappa shape index (κ3) is 3.74. The quantitative estimate of drug-likeness (QED) is 0.0840. The summed E-state index contributed by atoms with van der Waals surface area (Å²) in [7, 11) is 0.786.